The van der Waals surface area contributed by atoms with E-state index in [0.29, 0.717) is 5.41 Å². The van der Waals surface area contributed by atoms with Crippen LogP contribution < -0.4 is 0 Å². The van der Waals surface area contributed by atoms with Crippen molar-refractivity contribution in [2.45, 2.75) is 25.7 Å². The van der Waals surface area contributed by atoms with Crippen LogP contribution in [0.3, 0.4) is 0 Å². The monoisotopic (exact) mass is 312 g/mol. The van der Waals surface area contributed by atoms with Crippen LogP contribution in [0.15, 0.2) is 0 Å². The minimum absolute atomic E-state index is 0.325. The van der Waals surface area contributed by atoms with E-state index in [9.17, 15) is 0 Å². The van der Waals surface area contributed by atoms with Gasteiger partial charge in [0.15, 0.2) is 0 Å². The maximum Gasteiger partial charge on any atom is 0.0537 e. The third-order valence-corrected chi connectivity index (χ3v) is 5.42. The van der Waals surface area contributed by atoms with Crippen LogP contribution in [0.25, 0.3) is 0 Å². The van der Waals surface area contributed by atoms with Gasteiger partial charge in [-0.3, -0.25) is 0 Å². The molecule has 0 unspecified atom stereocenters. The standard InChI is InChI=1S/C10H18Br2O/c1-13-8-10(6-11,7-12)9-4-2-3-5-9/h9H,2-8H2,1H3. The number of rotatable bonds is 5. The lowest BCUT2D eigenvalue weighted by Gasteiger charge is -2.35. The van der Waals surface area contributed by atoms with Gasteiger partial charge in [-0.05, 0) is 18.8 Å². The number of hydrogen-bond acceptors (Lipinski definition) is 1. The summed E-state index contributed by atoms with van der Waals surface area (Å²) in [6.45, 7) is 0.869. The van der Waals surface area contributed by atoms with Crippen molar-refractivity contribution >= 4 is 31.9 Å². The van der Waals surface area contributed by atoms with E-state index >= 15 is 0 Å². The Bertz CT molecular complexity index is 140. The molecule has 0 aromatic heterocycles. The Kier molecular flexibility index (Phi) is 5.27. The van der Waals surface area contributed by atoms with Crippen molar-refractivity contribution in [2.75, 3.05) is 24.4 Å². The highest BCUT2D eigenvalue weighted by atomic mass is 79.9. The molecular formula is C10H18Br2O. The molecule has 0 aromatic carbocycles. The fraction of sp³-hybridized carbons (Fsp3) is 1.00. The molecule has 0 atom stereocenters. The number of ether oxygens (including phenoxy) is 1. The average molecular weight is 314 g/mol. The van der Waals surface area contributed by atoms with E-state index < -0.39 is 0 Å². The molecule has 78 valence electrons. The van der Waals surface area contributed by atoms with Crippen molar-refractivity contribution in [1.82, 2.24) is 0 Å². The van der Waals surface area contributed by atoms with E-state index in [-0.39, 0.29) is 0 Å². The fourth-order valence-electron chi connectivity index (χ4n) is 2.27. The Labute approximate surface area is 97.9 Å². The van der Waals surface area contributed by atoms with Crippen LogP contribution in [0.2, 0.25) is 0 Å². The summed E-state index contributed by atoms with van der Waals surface area (Å²) in [6, 6.07) is 0. The summed E-state index contributed by atoms with van der Waals surface area (Å²) in [4.78, 5) is 0. The highest BCUT2D eigenvalue weighted by Crippen LogP contribution is 2.42. The quantitative estimate of drug-likeness (QED) is 0.705. The normalized spacial score (nSPS) is 19.6. The maximum atomic E-state index is 5.34. The predicted octanol–water partition coefficient (Wildman–Crippen LogP) is 3.60. The van der Waals surface area contributed by atoms with Gasteiger partial charge >= 0.3 is 0 Å². The lowest BCUT2D eigenvalue weighted by molar-refractivity contribution is 0.0704. The van der Waals surface area contributed by atoms with Crippen molar-refractivity contribution in [1.29, 1.82) is 0 Å². The zero-order valence-electron chi connectivity index (χ0n) is 8.19. The highest BCUT2D eigenvalue weighted by Gasteiger charge is 2.38. The third kappa shape index (κ3) is 2.69. The van der Waals surface area contributed by atoms with Gasteiger partial charge in [0.2, 0.25) is 0 Å². The van der Waals surface area contributed by atoms with E-state index in [0.717, 1.165) is 23.2 Å². The highest BCUT2D eigenvalue weighted by molar-refractivity contribution is 9.09. The molecule has 1 aliphatic rings. The molecule has 0 N–H and O–H groups in total. The van der Waals surface area contributed by atoms with Gasteiger partial charge in [0, 0.05) is 23.2 Å². The molecule has 0 heterocycles. The van der Waals surface area contributed by atoms with E-state index in [1.54, 1.807) is 7.11 Å². The lowest BCUT2D eigenvalue weighted by Crippen LogP contribution is -2.37. The molecular weight excluding hydrogens is 296 g/mol. The van der Waals surface area contributed by atoms with Gasteiger partial charge in [-0.1, -0.05) is 44.7 Å². The van der Waals surface area contributed by atoms with Crippen molar-refractivity contribution in [3.8, 4) is 0 Å². The lowest BCUT2D eigenvalue weighted by atomic mass is 9.78. The largest absolute Gasteiger partial charge is 0.384 e. The second kappa shape index (κ2) is 5.72. The van der Waals surface area contributed by atoms with Crippen molar-refractivity contribution < 1.29 is 4.74 Å². The Morgan fingerprint density at radius 3 is 2.15 bits per heavy atom. The summed E-state index contributed by atoms with van der Waals surface area (Å²) in [6.07, 6.45) is 5.55. The van der Waals surface area contributed by atoms with E-state index in [1.807, 2.05) is 0 Å². The van der Waals surface area contributed by atoms with E-state index in [2.05, 4.69) is 31.9 Å². The van der Waals surface area contributed by atoms with Gasteiger partial charge in [-0.2, -0.15) is 0 Å². The van der Waals surface area contributed by atoms with Crippen LogP contribution in [0.4, 0.5) is 0 Å². The molecule has 0 saturated heterocycles. The molecule has 1 fully saturated rings. The first-order valence-electron chi connectivity index (χ1n) is 4.90. The van der Waals surface area contributed by atoms with Crippen LogP contribution >= 0.6 is 31.9 Å². The number of hydrogen-bond donors (Lipinski definition) is 0. The minimum Gasteiger partial charge on any atom is -0.384 e. The number of alkyl halides is 2. The molecule has 3 heteroatoms. The van der Waals surface area contributed by atoms with E-state index in [4.69, 9.17) is 4.74 Å². The van der Waals surface area contributed by atoms with Gasteiger partial charge in [-0.15, -0.1) is 0 Å². The summed E-state index contributed by atoms with van der Waals surface area (Å²) >= 11 is 7.27. The van der Waals surface area contributed by atoms with Gasteiger partial charge in [0.25, 0.3) is 0 Å². The minimum atomic E-state index is 0.325. The van der Waals surface area contributed by atoms with Gasteiger partial charge in [-0.25, -0.2) is 0 Å². The fourth-order valence-corrected chi connectivity index (χ4v) is 4.44. The Balaban J connectivity index is 2.62. The molecule has 13 heavy (non-hydrogen) atoms. The van der Waals surface area contributed by atoms with Crippen molar-refractivity contribution in [2.24, 2.45) is 11.3 Å². The first kappa shape index (κ1) is 12.0. The Hall–Kier alpha value is 0.920. The topological polar surface area (TPSA) is 9.23 Å². The first-order valence-corrected chi connectivity index (χ1v) is 7.14. The zero-order chi connectivity index (χ0) is 9.73. The summed E-state index contributed by atoms with van der Waals surface area (Å²) in [5, 5.41) is 2.09. The van der Waals surface area contributed by atoms with Gasteiger partial charge in [0.1, 0.15) is 0 Å². The van der Waals surface area contributed by atoms with Crippen LogP contribution in [-0.4, -0.2) is 24.4 Å². The smallest absolute Gasteiger partial charge is 0.0537 e. The Morgan fingerprint density at radius 1 is 1.23 bits per heavy atom. The van der Waals surface area contributed by atoms with Crippen LogP contribution in [0, 0.1) is 11.3 Å². The molecule has 0 spiro atoms. The van der Waals surface area contributed by atoms with Crippen LogP contribution in [-0.2, 0) is 4.74 Å². The molecule has 0 amide bonds. The van der Waals surface area contributed by atoms with Gasteiger partial charge in [0.05, 0.1) is 6.61 Å². The molecule has 1 saturated carbocycles. The molecule has 1 rings (SSSR count). The molecule has 1 nitrogen and oxygen atoms in total. The van der Waals surface area contributed by atoms with Crippen molar-refractivity contribution in [3.05, 3.63) is 0 Å². The number of methoxy groups -OCH3 is 1. The zero-order valence-corrected chi connectivity index (χ0v) is 11.4. The first-order chi connectivity index (χ1) is 6.29. The Morgan fingerprint density at radius 2 is 1.77 bits per heavy atom. The summed E-state index contributed by atoms with van der Waals surface area (Å²) in [5.74, 6) is 0.839. The second-order valence-electron chi connectivity index (χ2n) is 4.04. The summed E-state index contributed by atoms with van der Waals surface area (Å²) in [5.41, 5.74) is 0.325. The van der Waals surface area contributed by atoms with Crippen LogP contribution in [0.5, 0.6) is 0 Å². The van der Waals surface area contributed by atoms with Crippen LogP contribution in [0.1, 0.15) is 25.7 Å². The SMILES string of the molecule is COCC(CBr)(CBr)C1CCCC1. The molecule has 0 aliphatic heterocycles. The molecule has 1 aliphatic carbocycles. The average Bonchev–Trinajstić information content (AvgIpc) is 2.68. The maximum absolute atomic E-state index is 5.34. The second-order valence-corrected chi connectivity index (χ2v) is 5.17. The van der Waals surface area contributed by atoms with Crippen molar-refractivity contribution in [3.63, 3.8) is 0 Å². The molecule has 0 bridgehead atoms. The summed E-state index contributed by atoms with van der Waals surface area (Å²) in [7, 11) is 1.80. The van der Waals surface area contributed by atoms with Gasteiger partial charge < -0.3 is 4.74 Å². The summed E-state index contributed by atoms with van der Waals surface area (Å²) < 4.78 is 5.34. The third-order valence-electron chi connectivity index (χ3n) is 3.19. The number of halogens is 2. The predicted molar refractivity (Wildman–Crippen MR) is 63.9 cm³/mol. The molecule has 0 aromatic rings. The van der Waals surface area contributed by atoms with E-state index in [1.165, 1.54) is 25.7 Å². The molecule has 0 radical (unpaired) electrons.